The van der Waals surface area contributed by atoms with E-state index in [2.05, 4.69) is 8.83 Å². The van der Waals surface area contributed by atoms with Gasteiger partial charge < -0.3 is 74.7 Å². The van der Waals surface area contributed by atoms with Crippen molar-refractivity contribution in [2.75, 3.05) is 33.5 Å². The number of aliphatic hydroxyl groups is 9. The van der Waals surface area contributed by atoms with Crippen LogP contribution < -0.4 is 11.2 Å². The summed E-state index contributed by atoms with van der Waals surface area (Å²) in [6.45, 7) is -4.00. The molecule has 0 saturated carbocycles. The quantitative estimate of drug-likeness (QED) is 0.0737. The van der Waals surface area contributed by atoms with E-state index in [4.69, 9.17) is 23.5 Å². The van der Waals surface area contributed by atoms with E-state index in [1.54, 1.807) is 0 Å². The molecule has 294 valence electrons. The molecule has 3 aliphatic rings. The average molecular weight is 785 g/mol. The SMILES string of the molecule is CO[C@@H]1O[C@@H](CO)[C@H](O)C(CC[C@]2(COP(=O)(O)OP(=O)(O)OC[C@H]3O[C@@H](n4ccc(=O)[nH]c4=O)C(O)C3O)OC(CO)[C@H](O)C(O)C2O)C1O. The van der Waals surface area contributed by atoms with Crippen LogP contribution in [0.1, 0.15) is 19.1 Å². The third kappa shape index (κ3) is 9.39. The number of H-pyrrole nitrogens is 1. The van der Waals surface area contributed by atoms with Gasteiger partial charge >= 0.3 is 21.3 Å². The summed E-state index contributed by atoms with van der Waals surface area (Å²) >= 11 is 0. The fourth-order valence-electron chi connectivity index (χ4n) is 6.07. The van der Waals surface area contributed by atoms with E-state index in [9.17, 15) is 74.5 Å². The zero-order chi connectivity index (χ0) is 38.1. The Balaban J connectivity index is 1.46. The molecule has 3 saturated heterocycles. The fraction of sp³-hybridized carbons (Fsp3) is 0.840. The van der Waals surface area contributed by atoms with E-state index in [0.717, 1.165) is 12.3 Å². The molecule has 0 aromatic carbocycles. The fourth-order valence-corrected chi connectivity index (χ4v) is 8.21. The van der Waals surface area contributed by atoms with Crippen LogP contribution in [0.5, 0.6) is 0 Å². The highest BCUT2D eigenvalue weighted by Gasteiger charge is 2.56. The molecule has 1 aromatic rings. The normalized spacial score (nSPS) is 41.2. The van der Waals surface area contributed by atoms with Crippen LogP contribution in [-0.4, -0.2) is 172 Å². The number of phosphoric ester groups is 2. The van der Waals surface area contributed by atoms with Crippen molar-refractivity contribution < 1.29 is 97.2 Å². The van der Waals surface area contributed by atoms with Gasteiger partial charge in [0.05, 0.1) is 32.5 Å². The maximum Gasteiger partial charge on any atom is 0.481 e. The summed E-state index contributed by atoms with van der Waals surface area (Å²) in [7, 11) is -10.2. The molecule has 3 fully saturated rings. The molecule has 4 rings (SSSR count). The van der Waals surface area contributed by atoms with Gasteiger partial charge in [0.15, 0.2) is 12.5 Å². The summed E-state index contributed by atoms with van der Waals surface area (Å²) in [6, 6.07) is 0.914. The van der Waals surface area contributed by atoms with Crippen LogP contribution in [0, 0.1) is 5.92 Å². The molecule has 1 aromatic heterocycles. The summed E-state index contributed by atoms with van der Waals surface area (Å²) < 4.78 is 61.3. The third-order valence-corrected chi connectivity index (χ3v) is 11.4. The summed E-state index contributed by atoms with van der Waals surface area (Å²) in [5, 5.41) is 93.3. The van der Waals surface area contributed by atoms with Crippen molar-refractivity contribution in [3.8, 4) is 0 Å². The lowest BCUT2D eigenvalue weighted by Crippen LogP contribution is -2.67. The maximum absolute atomic E-state index is 12.9. The van der Waals surface area contributed by atoms with Crippen LogP contribution in [0.25, 0.3) is 0 Å². The van der Waals surface area contributed by atoms with E-state index in [1.165, 1.54) is 7.11 Å². The van der Waals surface area contributed by atoms with Gasteiger partial charge in [0.25, 0.3) is 5.56 Å². The van der Waals surface area contributed by atoms with Gasteiger partial charge in [-0.15, -0.1) is 0 Å². The van der Waals surface area contributed by atoms with Crippen LogP contribution in [0.15, 0.2) is 21.9 Å². The van der Waals surface area contributed by atoms with Crippen LogP contribution in [-0.2, 0) is 41.4 Å². The lowest BCUT2D eigenvalue weighted by Gasteiger charge is -2.49. The topological polar surface area (TPSA) is 376 Å². The number of phosphoric acid groups is 2. The minimum Gasteiger partial charge on any atom is -0.394 e. The maximum atomic E-state index is 12.9. The Morgan fingerprint density at radius 2 is 1.47 bits per heavy atom. The molecular formula is C25H42N2O22P2. The molecule has 0 amide bonds. The number of aliphatic hydroxyl groups excluding tert-OH is 9. The molecule has 4 heterocycles. The van der Waals surface area contributed by atoms with E-state index in [0.29, 0.717) is 4.57 Å². The first-order valence-electron chi connectivity index (χ1n) is 15.3. The number of nitrogens with one attached hydrogen (secondary N) is 1. The molecule has 12 N–H and O–H groups in total. The Labute approximate surface area is 287 Å². The van der Waals surface area contributed by atoms with Crippen molar-refractivity contribution in [2.45, 2.75) is 92.0 Å². The first-order valence-corrected chi connectivity index (χ1v) is 18.3. The number of hydrogen-bond donors (Lipinski definition) is 12. The van der Waals surface area contributed by atoms with Gasteiger partial charge in [-0.25, -0.2) is 13.9 Å². The minimum atomic E-state index is -5.72. The second-order valence-corrected chi connectivity index (χ2v) is 15.2. The highest BCUT2D eigenvalue weighted by Crippen LogP contribution is 2.61. The van der Waals surface area contributed by atoms with Crippen molar-refractivity contribution >= 4 is 15.6 Å². The Morgan fingerprint density at radius 1 is 0.843 bits per heavy atom. The van der Waals surface area contributed by atoms with Crippen LogP contribution in [0.2, 0.25) is 0 Å². The lowest BCUT2D eigenvalue weighted by atomic mass is 9.77. The predicted octanol–water partition coefficient (Wildman–Crippen LogP) is -5.90. The van der Waals surface area contributed by atoms with E-state index >= 15 is 0 Å². The first kappa shape index (κ1) is 42.2. The van der Waals surface area contributed by atoms with E-state index in [1.807, 2.05) is 4.98 Å². The highest BCUT2D eigenvalue weighted by atomic mass is 31.3. The van der Waals surface area contributed by atoms with Gasteiger partial charge in [0.2, 0.25) is 0 Å². The van der Waals surface area contributed by atoms with E-state index < -0.39 is 145 Å². The Kier molecular flexibility index (Phi) is 13.9. The van der Waals surface area contributed by atoms with Crippen LogP contribution in [0.3, 0.4) is 0 Å². The summed E-state index contributed by atoms with van der Waals surface area (Å²) in [4.78, 5) is 45.8. The lowest BCUT2D eigenvalue weighted by molar-refractivity contribution is -0.296. The van der Waals surface area contributed by atoms with Gasteiger partial charge in [0.1, 0.15) is 60.5 Å². The van der Waals surface area contributed by atoms with Crippen molar-refractivity contribution in [1.29, 1.82) is 0 Å². The largest absolute Gasteiger partial charge is 0.481 e. The standard InChI is InChI=1S/C25H42N2O22P2/c1-43-23-16(32)10(15(31)11(6-28)47-23)2-4-25(21(37)19(35)17(33)12(7-29)48-25)9-45-51(41,42)49-50(39,40)44-8-13-18(34)20(36)22(46-13)27-5-3-14(30)26-24(27)38/h3,5,10-13,15-23,28-29,31-37H,2,4,6-9H2,1H3,(H,39,40)(H,41,42)(H,26,30,38)/t10?,11-,12?,13+,15+,16?,17-,18?,19?,20?,21?,22+,23+,25+/m0/s1. The van der Waals surface area contributed by atoms with E-state index in [-0.39, 0.29) is 6.42 Å². The number of rotatable bonds is 15. The summed E-state index contributed by atoms with van der Waals surface area (Å²) in [5.41, 5.74) is -4.15. The first-order chi connectivity index (χ1) is 23.8. The molecule has 24 nitrogen and oxygen atoms in total. The average Bonchev–Trinajstić information content (AvgIpc) is 3.35. The molecule has 9 unspecified atom stereocenters. The molecule has 0 spiro atoms. The number of ether oxygens (including phenoxy) is 4. The monoisotopic (exact) mass is 784 g/mol. The molecule has 16 atom stereocenters. The van der Waals surface area contributed by atoms with Crippen molar-refractivity contribution in [2.24, 2.45) is 5.92 Å². The Hall–Kier alpha value is -1.58. The van der Waals surface area contributed by atoms with Crippen LogP contribution in [0.4, 0.5) is 0 Å². The number of aromatic nitrogens is 2. The minimum absolute atomic E-state index is 0.372. The van der Waals surface area contributed by atoms with Gasteiger partial charge in [-0.2, -0.15) is 4.31 Å². The van der Waals surface area contributed by atoms with Gasteiger partial charge in [0, 0.05) is 25.3 Å². The van der Waals surface area contributed by atoms with Crippen LogP contribution >= 0.6 is 15.6 Å². The number of nitrogens with zero attached hydrogens (tertiary/aromatic N) is 1. The zero-order valence-corrected chi connectivity index (χ0v) is 28.4. The summed E-state index contributed by atoms with van der Waals surface area (Å²) in [5.74, 6) is -1.19. The molecular weight excluding hydrogens is 742 g/mol. The summed E-state index contributed by atoms with van der Waals surface area (Å²) in [6.07, 6.45) is -20.3. The molecule has 51 heavy (non-hydrogen) atoms. The number of aromatic amines is 1. The van der Waals surface area contributed by atoms with Gasteiger partial charge in [-0.1, -0.05) is 0 Å². The molecule has 0 bridgehead atoms. The predicted molar refractivity (Wildman–Crippen MR) is 160 cm³/mol. The van der Waals surface area contributed by atoms with Crippen molar-refractivity contribution in [1.82, 2.24) is 9.55 Å². The number of hydrogen-bond acceptors (Lipinski definition) is 20. The second-order valence-electron chi connectivity index (χ2n) is 12.1. The van der Waals surface area contributed by atoms with Crippen molar-refractivity contribution in [3.05, 3.63) is 33.1 Å². The Morgan fingerprint density at radius 3 is 2.08 bits per heavy atom. The molecule has 0 aliphatic carbocycles. The number of methoxy groups -OCH3 is 1. The van der Waals surface area contributed by atoms with Crippen molar-refractivity contribution in [3.63, 3.8) is 0 Å². The smallest absolute Gasteiger partial charge is 0.394 e. The highest BCUT2D eigenvalue weighted by molar-refractivity contribution is 7.61. The molecule has 3 aliphatic heterocycles. The second kappa shape index (κ2) is 16.8. The van der Waals surface area contributed by atoms with Gasteiger partial charge in [-0.05, 0) is 12.8 Å². The van der Waals surface area contributed by atoms with Gasteiger partial charge in [-0.3, -0.25) is 23.4 Å². The zero-order valence-electron chi connectivity index (χ0n) is 26.7. The molecule has 0 radical (unpaired) electrons. The third-order valence-electron chi connectivity index (χ3n) is 8.86. The molecule has 26 heteroatoms. The Bertz CT molecular complexity index is 1510.